The number of fused-ring (bicyclic) bond motifs is 1. The van der Waals surface area contributed by atoms with Crippen molar-refractivity contribution in [1.82, 2.24) is 15.2 Å². The van der Waals surface area contributed by atoms with E-state index >= 15 is 0 Å². The Labute approximate surface area is 217 Å². The van der Waals surface area contributed by atoms with Crippen LogP contribution in [0.2, 0.25) is 0 Å². The van der Waals surface area contributed by atoms with Crippen LogP contribution in [0.15, 0.2) is 21.8 Å². The summed E-state index contributed by atoms with van der Waals surface area (Å²) in [7, 11) is 0. The van der Waals surface area contributed by atoms with E-state index < -0.39 is 41.8 Å². The fourth-order valence-electron chi connectivity index (χ4n) is 2.94. The fourth-order valence-corrected chi connectivity index (χ4v) is 4.81. The molecule has 4 N–H and O–H groups in total. The number of anilines is 1. The number of halogens is 1. The Bertz CT molecular complexity index is 1020. The number of nitrogen functional groups attached to an aromatic ring is 1. The number of nitrogens with one attached hydrogen (secondary N) is 1. The van der Waals surface area contributed by atoms with Gasteiger partial charge in [-0.1, -0.05) is 5.16 Å². The van der Waals surface area contributed by atoms with Crippen molar-refractivity contribution >= 4 is 87.3 Å². The maximum absolute atomic E-state index is 12.8. The molecular formula is C17H19FN5NaO7S2. The van der Waals surface area contributed by atoms with Gasteiger partial charge in [0.15, 0.2) is 10.8 Å². The maximum atomic E-state index is 12.8. The van der Waals surface area contributed by atoms with Gasteiger partial charge >= 0.3 is 41.5 Å². The number of rotatable bonds is 9. The van der Waals surface area contributed by atoms with Crippen molar-refractivity contribution in [2.45, 2.75) is 18.3 Å². The third-order valence-electron chi connectivity index (χ3n) is 4.29. The molecule has 1 aromatic rings. The zero-order chi connectivity index (χ0) is 23.4. The molecule has 33 heavy (non-hydrogen) atoms. The summed E-state index contributed by atoms with van der Waals surface area (Å²) in [6, 6.07) is -1.04. The third kappa shape index (κ3) is 6.03. The second kappa shape index (κ2) is 11.8. The molecule has 2 amide bonds. The molecule has 0 aliphatic carbocycles. The number of nitrogens with two attached hydrogens (primary N) is 1. The predicted octanol–water partition coefficient (Wildman–Crippen LogP) is -0.931. The van der Waals surface area contributed by atoms with Crippen LogP contribution in [-0.4, -0.2) is 111 Å². The van der Waals surface area contributed by atoms with Crippen LogP contribution in [0, 0.1) is 0 Å². The first-order valence-corrected chi connectivity index (χ1v) is 11.0. The van der Waals surface area contributed by atoms with Crippen molar-refractivity contribution in [1.29, 1.82) is 0 Å². The second-order valence-electron chi connectivity index (χ2n) is 6.43. The van der Waals surface area contributed by atoms with Gasteiger partial charge in [-0.05, 0) is 0 Å². The fraction of sp³-hybridized carbons (Fsp3) is 0.412. The first-order valence-electron chi connectivity index (χ1n) is 9.06. The van der Waals surface area contributed by atoms with Gasteiger partial charge in [0.25, 0.3) is 11.8 Å². The van der Waals surface area contributed by atoms with Gasteiger partial charge in [0.1, 0.15) is 42.7 Å². The zero-order valence-electron chi connectivity index (χ0n) is 16.6. The topological polar surface area (TPSA) is 174 Å². The van der Waals surface area contributed by atoms with Crippen LogP contribution in [-0.2, 0) is 28.8 Å². The molecule has 3 heterocycles. The molecule has 174 valence electrons. The SMILES string of the molecule is CC(=O)OCC1=C(C(=O)O)N2C(=O)[C@@H](NC(=O)/C(=N\OCCF)c3csc(N)n3)[C@H]2SC1.[NaH]. The van der Waals surface area contributed by atoms with Crippen molar-refractivity contribution in [3.05, 3.63) is 22.3 Å². The molecule has 2 aliphatic rings. The number of hydrogen-bond donors (Lipinski definition) is 3. The standard InChI is InChI=1S/C17H18FN5O7S2.Na.H/c1-7(24)29-4-8-5-31-15-11(14(26)23(15)12(8)16(27)28)21-13(25)10(22-30-3-2-18)9-6-32-17(19)20-9;;/h6,11,15H,2-5H2,1H3,(H2,19,20)(H,21,25)(H,27,28);;/b22-10-;;/t11-,15-;;/m1../s1. The summed E-state index contributed by atoms with van der Waals surface area (Å²) < 4.78 is 17.2. The number of carbonyl (C=O) groups is 4. The molecular weight excluding hydrogens is 492 g/mol. The van der Waals surface area contributed by atoms with Crippen LogP contribution in [0.25, 0.3) is 0 Å². The van der Waals surface area contributed by atoms with Crippen molar-refractivity contribution < 1.29 is 38.2 Å². The Morgan fingerprint density at radius 3 is 2.76 bits per heavy atom. The number of β-lactam (4-membered cyclic amide) rings is 1. The number of thioether (sulfide) groups is 1. The van der Waals surface area contributed by atoms with E-state index in [-0.39, 0.29) is 76.3 Å². The van der Waals surface area contributed by atoms with Gasteiger partial charge < -0.3 is 25.7 Å². The van der Waals surface area contributed by atoms with E-state index in [1.165, 1.54) is 24.1 Å². The number of hydrogen-bond acceptors (Lipinski definition) is 11. The third-order valence-corrected chi connectivity index (χ3v) is 6.30. The van der Waals surface area contributed by atoms with E-state index in [4.69, 9.17) is 15.3 Å². The van der Waals surface area contributed by atoms with Gasteiger partial charge in [0, 0.05) is 23.6 Å². The number of oxime groups is 1. The Morgan fingerprint density at radius 2 is 2.18 bits per heavy atom. The van der Waals surface area contributed by atoms with Crippen molar-refractivity contribution in [3.63, 3.8) is 0 Å². The summed E-state index contributed by atoms with van der Waals surface area (Å²) in [5, 5.41) is 16.6. The first kappa shape index (κ1) is 27.0. The molecule has 0 saturated carbocycles. The minimum absolute atomic E-state index is 0. The van der Waals surface area contributed by atoms with Crippen molar-refractivity contribution in [2.75, 3.05) is 31.4 Å². The Hall–Kier alpha value is -2.20. The number of ether oxygens (including phenoxy) is 1. The van der Waals surface area contributed by atoms with E-state index in [2.05, 4.69) is 15.5 Å². The number of aliphatic carboxylic acids is 1. The molecule has 2 atom stereocenters. The summed E-state index contributed by atoms with van der Waals surface area (Å²) in [5.41, 5.74) is 5.35. The Kier molecular flexibility index (Phi) is 9.66. The van der Waals surface area contributed by atoms with Crippen LogP contribution in [0.1, 0.15) is 12.6 Å². The average molecular weight is 511 g/mol. The van der Waals surface area contributed by atoms with Crippen LogP contribution in [0.3, 0.4) is 0 Å². The average Bonchev–Trinajstić information content (AvgIpc) is 3.18. The minimum atomic E-state index is -1.35. The Morgan fingerprint density at radius 1 is 1.45 bits per heavy atom. The molecule has 0 radical (unpaired) electrons. The van der Waals surface area contributed by atoms with E-state index in [0.29, 0.717) is 0 Å². The molecule has 0 unspecified atom stereocenters. The number of thiazole rings is 1. The number of amides is 2. The van der Waals surface area contributed by atoms with Crippen molar-refractivity contribution in [3.8, 4) is 0 Å². The summed E-state index contributed by atoms with van der Waals surface area (Å²) in [5.74, 6) is -3.23. The zero-order valence-corrected chi connectivity index (χ0v) is 18.2. The van der Waals surface area contributed by atoms with Crippen molar-refractivity contribution in [2.24, 2.45) is 5.16 Å². The van der Waals surface area contributed by atoms with Crippen LogP contribution in [0.4, 0.5) is 9.52 Å². The summed E-state index contributed by atoms with van der Waals surface area (Å²) in [4.78, 5) is 58.0. The normalized spacial score (nSPS) is 19.8. The van der Waals surface area contributed by atoms with Crippen LogP contribution < -0.4 is 11.1 Å². The molecule has 1 aromatic heterocycles. The van der Waals surface area contributed by atoms with Gasteiger partial charge in [-0.25, -0.2) is 14.2 Å². The molecule has 1 saturated heterocycles. The summed E-state index contributed by atoms with van der Waals surface area (Å²) >= 11 is 2.25. The van der Waals surface area contributed by atoms with Crippen LogP contribution in [0.5, 0.6) is 0 Å². The molecule has 3 rings (SSSR count). The Balaban J connectivity index is 0.00000385. The molecule has 16 heteroatoms. The van der Waals surface area contributed by atoms with Gasteiger partial charge in [0.05, 0.1) is 0 Å². The number of esters is 1. The van der Waals surface area contributed by atoms with Gasteiger partial charge in [-0.3, -0.25) is 19.3 Å². The first-order chi connectivity index (χ1) is 15.2. The molecule has 2 aliphatic heterocycles. The molecule has 1 fully saturated rings. The van der Waals surface area contributed by atoms with E-state index in [0.717, 1.165) is 16.2 Å². The predicted molar refractivity (Wildman–Crippen MR) is 118 cm³/mol. The number of carbonyl (C=O) groups excluding carboxylic acids is 3. The molecule has 0 bridgehead atoms. The molecule has 0 spiro atoms. The van der Waals surface area contributed by atoms with Crippen LogP contribution >= 0.6 is 23.1 Å². The number of aromatic nitrogens is 1. The number of nitrogens with zero attached hydrogens (tertiary/aromatic N) is 3. The number of carboxylic acids is 1. The molecule has 0 aromatic carbocycles. The monoisotopic (exact) mass is 511 g/mol. The van der Waals surface area contributed by atoms with E-state index in [9.17, 15) is 28.7 Å². The summed E-state index contributed by atoms with van der Waals surface area (Å²) in [6.45, 7) is -0.284. The van der Waals surface area contributed by atoms with Gasteiger partial charge in [-0.15, -0.1) is 23.1 Å². The second-order valence-corrected chi connectivity index (χ2v) is 8.43. The number of alkyl halides is 1. The van der Waals surface area contributed by atoms with E-state index in [1.54, 1.807) is 0 Å². The quantitative estimate of drug-likeness (QED) is 0.0938. The van der Waals surface area contributed by atoms with Gasteiger partial charge in [0.2, 0.25) is 0 Å². The molecule has 12 nitrogen and oxygen atoms in total. The number of carboxylic acid groups (broad SMARTS) is 1. The summed E-state index contributed by atoms with van der Waals surface area (Å²) in [6.07, 6.45) is 0. The van der Waals surface area contributed by atoms with Gasteiger partial charge in [-0.2, -0.15) is 0 Å². The van der Waals surface area contributed by atoms with E-state index in [1.807, 2.05) is 0 Å².